The maximum atomic E-state index is 13.2. The maximum absolute atomic E-state index is 13.2. The van der Waals surface area contributed by atoms with E-state index in [1.54, 1.807) is 36.4 Å². The van der Waals surface area contributed by atoms with Crippen molar-refractivity contribution in [2.75, 3.05) is 7.11 Å². The highest BCUT2D eigenvalue weighted by atomic mass is 16.5. The third-order valence-electron chi connectivity index (χ3n) is 5.05. The van der Waals surface area contributed by atoms with Crippen molar-refractivity contribution in [2.45, 2.75) is 13.1 Å². The molecule has 0 aliphatic rings. The second kappa shape index (κ2) is 9.78. The van der Waals surface area contributed by atoms with Gasteiger partial charge in [-0.25, -0.2) is 4.79 Å². The molecule has 1 N–H and O–H groups in total. The highest BCUT2D eigenvalue weighted by Gasteiger charge is 2.20. The number of hydrogen-bond acceptors (Lipinski definition) is 5. The van der Waals surface area contributed by atoms with Crippen LogP contribution in [0.4, 0.5) is 0 Å². The van der Waals surface area contributed by atoms with Crippen molar-refractivity contribution in [3.8, 4) is 11.4 Å². The van der Waals surface area contributed by atoms with Gasteiger partial charge in [-0.05, 0) is 23.3 Å². The number of carbonyl (C=O) groups excluding carboxylic acids is 1. The standard InChI is InChI=1S/C25H22N4O4/c1-33-21-14-8-13-20(15-21)29-25(32)28(17-19-11-6-3-7-12-19)24(31)22(27-29)23(30)26-16-18-9-4-2-5-10-18/h2-15H,16-17H2,1H3,(H,26,30). The molecule has 0 saturated heterocycles. The Labute approximate surface area is 189 Å². The number of rotatable bonds is 7. The van der Waals surface area contributed by atoms with Crippen LogP contribution in [0.3, 0.4) is 0 Å². The molecule has 0 spiro atoms. The van der Waals surface area contributed by atoms with Crippen molar-refractivity contribution in [3.05, 3.63) is 123 Å². The number of carbonyl (C=O) groups is 1. The molecule has 4 rings (SSSR count). The van der Waals surface area contributed by atoms with Gasteiger partial charge in [0, 0.05) is 12.6 Å². The number of aromatic nitrogens is 3. The summed E-state index contributed by atoms with van der Waals surface area (Å²) in [5.74, 6) is -0.153. The first-order valence-corrected chi connectivity index (χ1v) is 10.3. The van der Waals surface area contributed by atoms with Crippen LogP contribution >= 0.6 is 0 Å². The van der Waals surface area contributed by atoms with Crippen LogP contribution in [-0.2, 0) is 13.1 Å². The third-order valence-corrected chi connectivity index (χ3v) is 5.05. The lowest BCUT2D eigenvalue weighted by Gasteiger charge is -2.13. The Bertz CT molecular complexity index is 1380. The van der Waals surface area contributed by atoms with E-state index in [1.807, 2.05) is 48.5 Å². The molecule has 3 aromatic carbocycles. The minimum absolute atomic E-state index is 0.00393. The molecule has 0 unspecified atom stereocenters. The molecule has 1 amide bonds. The SMILES string of the molecule is COc1cccc(-n2nc(C(=O)NCc3ccccc3)c(=O)n(Cc3ccccc3)c2=O)c1. The van der Waals surface area contributed by atoms with Crippen LogP contribution in [0.1, 0.15) is 21.6 Å². The van der Waals surface area contributed by atoms with Gasteiger partial charge in [-0.15, -0.1) is 0 Å². The average molecular weight is 442 g/mol. The summed E-state index contributed by atoms with van der Waals surface area (Å²) in [6, 6.07) is 25.1. The van der Waals surface area contributed by atoms with Crippen molar-refractivity contribution >= 4 is 5.91 Å². The molecular formula is C25H22N4O4. The topological polar surface area (TPSA) is 95.2 Å². The van der Waals surface area contributed by atoms with Gasteiger partial charge < -0.3 is 10.1 Å². The molecule has 0 aliphatic heterocycles. The Morgan fingerprint density at radius 1 is 0.909 bits per heavy atom. The first-order chi connectivity index (χ1) is 16.1. The van der Waals surface area contributed by atoms with Gasteiger partial charge in [0.2, 0.25) is 5.69 Å². The summed E-state index contributed by atoms with van der Waals surface area (Å²) in [6.45, 7) is 0.224. The molecule has 1 aromatic heterocycles. The zero-order chi connectivity index (χ0) is 23.2. The van der Waals surface area contributed by atoms with E-state index in [2.05, 4.69) is 10.4 Å². The zero-order valence-electron chi connectivity index (χ0n) is 18.0. The van der Waals surface area contributed by atoms with Crippen LogP contribution in [0.25, 0.3) is 5.69 Å². The lowest BCUT2D eigenvalue weighted by atomic mass is 10.2. The molecule has 33 heavy (non-hydrogen) atoms. The van der Waals surface area contributed by atoms with Gasteiger partial charge in [0.1, 0.15) is 5.75 Å². The predicted octanol–water partition coefficient (Wildman–Crippen LogP) is 2.38. The van der Waals surface area contributed by atoms with Crippen molar-refractivity contribution in [2.24, 2.45) is 0 Å². The van der Waals surface area contributed by atoms with Crippen LogP contribution in [0.2, 0.25) is 0 Å². The summed E-state index contributed by atoms with van der Waals surface area (Å²) in [4.78, 5) is 39.3. The van der Waals surface area contributed by atoms with Gasteiger partial charge in [-0.2, -0.15) is 9.78 Å². The zero-order valence-corrected chi connectivity index (χ0v) is 18.0. The summed E-state index contributed by atoms with van der Waals surface area (Å²) in [5.41, 5.74) is 0.208. The summed E-state index contributed by atoms with van der Waals surface area (Å²) in [6.07, 6.45) is 0. The molecule has 1 heterocycles. The van der Waals surface area contributed by atoms with Crippen LogP contribution < -0.4 is 21.3 Å². The molecular weight excluding hydrogens is 420 g/mol. The number of nitrogens with zero attached hydrogens (tertiary/aromatic N) is 3. The highest BCUT2D eigenvalue weighted by molar-refractivity contribution is 5.91. The normalized spacial score (nSPS) is 10.6. The van der Waals surface area contributed by atoms with Crippen LogP contribution in [0.15, 0.2) is 94.5 Å². The highest BCUT2D eigenvalue weighted by Crippen LogP contribution is 2.14. The molecule has 0 saturated carbocycles. The fourth-order valence-electron chi connectivity index (χ4n) is 3.33. The van der Waals surface area contributed by atoms with E-state index in [-0.39, 0.29) is 18.8 Å². The number of benzene rings is 3. The number of hydrogen-bond donors (Lipinski definition) is 1. The molecule has 4 aromatic rings. The first-order valence-electron chi connectivity index (χ1n) is 10.3. The van der Waals surface area contributed by atoms with Gasteiger partial charge in [0.25, 0.3) is 11.5 Å². The number of methoxy groups -OCH3 is 1. The van der Waals surface area contributed by atoms with E-state index in [4.69, 9.17) is 4.74 Å². The van der Waals surface area contributed by atoms with E-state index in [0.717, 1.165) is 20.4 Å². The lowest BCUT2D eigenvalue weighted by molar-refractivity contribution is 0.0941. The van der Waals surface area contributed by atoms with Crippen molar-refractivity contribution in [3.63, 3.8) is 0 Å². The van der Waals surface area contributed by atoms with Crippen LogP contribution in [-0.4, -0.2) is 27.4 Å². The Morgan fingerprint density at radius 3 is 2.24 bits per heavy atom. The molecule has 0 fully saturated rings. The largest absolute Gasteiger partial charge is 0.497 e. The van der Waals surface area contributed by atoms with E-state index in [0.29, 0.717) is 11.4 Å². The summed E-state index contributed by atoms with van der Waals surface area (Å²) in [7, 11) is 1.51. The van der Waals surface area contributed by atoms with Gasteiger partial charge >= 0.3 is 5.69 Å². The number of ether oxygens (including phenoxy) is 1. The summed E-state index contributed by atoms with van der Waals surface area (Å²) in [5, 5.41) is 6.85. The minimum Gasteiger partial charge on any atom is -0.497 e. The Kier molecular flexibility index (Phi) is 6.45. The van der Waals surface area contributed by atoms with Crippen LogP contribution in [0.5, 0.6) is 5.75 Å². The number of nitrogens with one attached hydrogen (secondary N) is 1. The monoisotopic (exact) mass is 442 g/mol. The summed E-state index contributed by atoms with van der Waals surface area (Å²) >= 11 is 0. The Morgan fingerprint density at radius 2 is 1.58 bits per heavy atom. The Balaban J connectivity index is 1.79. The molecule has 166 valence electrons. The van der Waals surface area contributed by atoms with E-state index in [1.165, 1.54) is 7.11 Å². The van der Waals surface area contributed by atoms with E-state index < -0.39 is 17.2 Å². The van der Waals surface area contributed by atoms with Gasteiger partial charge in [0.15, 0.2) is 0 Å². The fourth-order valence-corrected chi connectivity index (χ4v) is 3.33. The fraction of sp³-hybridized carbons (Fsp3) is 0.120. The molecule has 0 bridgehead atoms. The maximum Gasteiger partial charge on any atom is 0.352 e. The molecule has 0 atom stereocenters. The first kappa shape index (κ1) is 21.8. The average Bonchev–Trinajstić information content (AvgIpc) is 2.86. The molecule has 8 heteroatoms. The summed E-state index contributed by atoms with van der Waals surface area (Å²) < 4.78 is 7.30. The van der Waals surface area contributed by atoms with Crippen LogP contribution in [0, 0.1) is 0 Å². The van der Waals surface area contributed by atoms with Crippen molar-refractivity contribution in [1.29, 1.82) is 0 Å². The molecule has 0 aliphatic carbocycles. The molecule has 0 radical (unpaired) electrons. The quantitative estimate of drug-likeness (QED) is 0.474. The van der Waals surface area contributed by atoms with E-state index >= 15 is 0 Å². The smallest absolute Gasteiger partial charge is 0.352 e. The second-order valence-corrected chi connectivity index (χ2v) is 7.29. The van der Waals surface area contributed by atoms with Crippen molar-refractivity contribution in [1.82, 2.24) is 19.7 Å². The van der Waals surface area contributed by atoms with Crippen molar-refractivity contribution < 1.29 is 9.53 Å². The second-order valence-electron chi connectivity index (χ2n) is 7.29. The third kappa shape index (κ3) is 4.90. The lowest BCUT2D eigenvalue weighted by Crippen LogP contribution is -2.46. The van der Waals surface area contributed by atoms with Gasteiger partial charge in [-0.1, -0.05) is 66.7 Å². The predicted molar refractivity (Wildman–Crippen MR) is 124 cm³/mol. The number of amides is 1. The molecule has 8 nitrogen and oxygen atoms in total. The van der Waals surface area contributed by atoms with Gasteiger partial charge in [0.05, 0.1) is 19.3 Å². The van der Waals surface area contributed by atoms with E-state index in [9.17, 15) is 14.4 Å². The van der Waals surface area contributed by atoms with Gasteiger partial charge in [-0.3, -0.25) is 14.2 Å². The minimum atomic E-state index is -0.756. The Hall–Kier alpha value is -4.46.